The summed E-state index contributed by atoms with van der Waals surface area (Å²) in [5, 5.41) is 0.871. The summed E-state index contributed by atoms with van der Waals surface area (Å²) in [6.45, 7) is 0. The number of benzene rings is 1. The minimum atomic E-state index is -4.28. The number of H-pyrrole nitrogens is 1. The Bertz CT molecular complexity index is 540. The number of hydrogen-bond acceptors (Lipinski definition) is 0. The van der Waals surface area contributed by atoms with Crippen LogP contribution in [0.1, 0.15) is 5.69 Å². The van der Waals surface area contributed by atoms with E-state index < -0.39 is 6.18 Å². The van der Waals surface area contributed by atoms with Crippen molar-refractivity contribution in [1.82, 2.24) is 4.98 Å². The molecule has 16 heavy (non-hydrogen) atoms. The first-order chi connectivity index (χ1) is 7.46. The fourth-order valence-electron chi connectivity index (χ4n) is 1.41. The molecule has 1 nitrogen and oxygen atoms in total. The minimum Gasteiger partial charge on any atom is -0.354 e. The lowest BCUT2D eigenvalue weighted by atomic mass is 10.2. The number of rotatable bonds is 1. The van der Waals surface area contributed by atoms with E-state index >= 15 is 0 Å². The summed E-state index contributed by atoms with van der Waals surface area (Å²) in [4.78, 5) is 2.90. The van der Waals surface area contributed by atoms with Gasteiger partial charge in [-0.05, 0) is 34.1 Å². The topological polar surface area (TPSA) is 15.8 Å². The number of halogens is 4. The Hall–Kier alpha value is -1.23. The quantitative estimate of drug-likeness (QED) is 0.795. The van der Waals surface area contributed by atoms with Gasteiger partial charge in [-0.1, -0.05) is 12.1 Å². The number of alkyl halides is 3. The van der Waals surface area contributed by atoms with E-state index in [0.29, 0.717) is 5.69 Å². The van der Waals surface area contributed by atoms with Crippen LogP contribution in [0.4, 0.5) is 13.2 Å². The van der Waals surface area contributed by atoms with E-state index in [2.05, 4.69) is 20.9 Å². The second-order valence-corrected chi connectivity index (χ2v) is 4.16. The van der Waals surface area contributed by atoms with Crippen LogP contribution in [0.3, 0.4) is 0 Å². The lowest BCUT2D eigenvalue weighted by Gasteiger charge is -1.95. The Morgan fingerprint density at radius 3 is 2.62 bits per heavy atom. The van der Waals surface area contributed by atoms with Crippen molar-refractivity contribution in [2.75, 3.05) is 0 Å². The van der Waals surface area contributed by atoms with Crippen molar-refractivity contribution in [3.63, 3.8) is 0 Å². The summed E-state index contributed by atoms with van der Waals surface area (Å²) >= 11 is 3.32. The van der Waals surface area contributed by atoms with E-state index in [0.717, 1.165) is 21.5 Å². The fourth-order valence-corrected chi connectivity index (χ4v) is 1.90. The zero-order chi connectivity index (χ0) is 11.8. The van der Waals surface area contributed by atoms with Crippen molar-refractivity contribution in [1.29, 1.82) is 0 Å². The van der Waals surface area contributed by atoms with Crippen LogP contribution in [0, 0.1) is 0 Å². The van der Waals surface area contributed by atoms with E-state index in [1.807, 2.05) is 18.2 Å². The normalized spacial score (nSPS) is 12.8. The predicted molar refractivity (Wildman–Crippen MR) is 61.1 cm³/mol. The monoisotopic (exact) mass is 289 g/mol. The first-order valence-corrected chi connectivity index (χ1v) is 5.28. The van der Waals surface area contributed by atoms with Crippen LogP contribution in [0.2, 0.25) is 0 Å². The van der Waals surface area contributed by atoms with Crippen LogP contribution in [-0.2, 0) is 0 Å². The Kier molecular flexibility index (Phi) is 2.80. The van der Waals surface area contributed by atoms with Gasteiger partial charge in [-0.3, -0.25) is 0 Å². The second kappa shape index (κ2) is 3.97. The average molecular weight is 290 g/mol. The number of para-hydroxylation sites is 1. The molecule has 84 valence electrons. The number of fused-ring (bicyclic) bond motifs is 1. The van der Waals surface area contributed by atoms with Crippen molar-refractivity contribution >= 4 is 32.9 Å². The molecular formula is C11H7BrF3N. The summed E-state index contributed by atoms with van der Waals surface area (Å²) in [5.41, 5.74) is 1.23. The smallest absolute Gasteiger partial charge is 0.354 e. The van der Waals surface area contributed by atoms with Crippen LogP contribution in [0.25, 0.3) is 17.0 Å². The first kappa shape index (κ1) is 11.3. The lowest BCUT2D eigenvalue weighted by molar-refractivity contribution is -0.0790. The third-order valence-electron chi connectivity index (χ3n) is 2.08. The molecule has 5 heteroatoms. The van der Waals surface area contributed by atoms with Gasteiger partial charge in [-0.25, -0.2) is 0 Å². The molecule has 0 unspecified atom stereocenters. The number of hydrogen-bond donors (Lipinski definition) is 1. The van der Waals surface area contributed by atoms with Crippen molar-refractivity contribution in [2.24, 2.45) is 0 Å². The van der Waals surface area contributed by atoms with Gasteiger partial charge in [0.15, 0.2) is 0 Å². The highest BCUT2D eigenvalue weighted by atomic mass is 79.9. The van der Waals surface area contributed by atoms with E-state index in [1.165, 1.54) is 0 Å². The van der Waals surface area contributed by atoms with Gasteiger partial charge in [0.2, 0.25) is 0 Å². The molecule has 0 spiro atoms. The molecule has 2 rings (SSSR count). The van der Waals surface area contributed by atoms with Crippen LogP contribution < -0.4 is 0 Å². The van der Waals surface area contributed by atoms with Crippen molar-refractivity contribution < 1.29 is 13.2 Å². The molecule has 0 aliphatic rings. The zero-order valence-electron chi connectivity index (χ0n) is 7.98. The number of allylic oxidation sites excluding steroid dienone is 1. The summed E-state index contributed by atoms with van der Waals surface area (Å²) in [5.74, 6) is 0. The standard InChI is InChI=1S/C11H7BrF3N/c12-9-3-1-2-7-6-8(16-10(7)9)4-5-11(13,14)15/h1-6,16H/b5-4+. The SMILES string of the molecule is FC(F)(F)/C=C/c1cc2cccc(Br)c2[nH]1. The molecule has 1 aromatic heterocycles. The van der Waals surface area contributed by atoms with Gasteiger partial charge >= 0.3 is 6.18 Å². The molecular weight excluding hydrogens is 283 g/mol. The molecule has 0 saturated heterocycles. The highest BCUT2D eigenvalue weighted by Crippen LogP contribution is 2.25. The molecule has 0 saturated carbocycles. The van der Waals surface area contributed by atoms with Crippen molar-refractivity contribution in [3.05, 3.63) is 40.5 Å². The molecule has 1 aromatic carbocycles. The third-order valence-corrected chi connectivity index (χ3v) is 2.74. The molecule has 0 amide bonds. The molecule has 1 heterocycles. The van der Waals surface area contributed by atoms with E-state index in [-0.39, 0.29) is 6.08 Å². The maximum atomic E-state index is 12.0. The van der Waals surface area contributed by atoms with Crippen LogP contribution in [0.15, 0.2) is 34.8 Å². The minimum absolute atomic E-state index is 0.214. The Morgan fingerprint density at radius 2 is 2.00 bits per heavy atom. The van der Waals surface area contributed by atoms with E-state index in [4.69, 9.17) is 0 Å². The Labute approximate surface area is 98.1 Å². The largest absolute Gasteiger partial charge is 0.409 e. The summed E-state index contributed by atoms with van der Waals surface area (Å²) in [6.07, 6.45) is -3.05. The van der Waals surface area contributed by atoms with Gasteiger partial charge in [0, 0.05) is 21.6 Å². The highest BCUT2D eigenvalue weighted by Gasteiger charge is 2.21. The molecule has 0 aliphatic carbocycles. The summed E-state index contributed by atoms with van der Waals surface area (Å²) in [7, 11) is 0. The predicted octanol–water partition coefficient (Wildman–Crippen LogP) is 4.51. The van der Waals surface area contributed by atoms with Gasteiger partial charge in [0.25, 0.3) is 0 Å². The summed E-state index contributed by atoms with van der Waals surface area (Å²) < 4.78 is 36.7. The maximum Gasteiger partial charge on any atom is 0.409 e. The molecule has 0 aliphatic heterocycles. The Balaban J connectivity index is 2.41. The molecule has 0 bridgehead atoms. The van der Waals surface area contributed by atoms with Crippen LogP contribution in [0.5, 0.6) is 0 Å². The molecule has 1 N–H and O–H groups in total. The van der Waals surface area contributed by atoms with Gasteiger partial charge in [-0.15, -0.1) is 0 Å². The lowest BCUT2D eigenvalue weighted by Crippen LogP contribution is -2.00. The van der Waals surface area contributed by atoms with E-state index in [9.17, 15) is 13.2 Å². The highest BCUT2D eigenvalue weighted by molar-refractivity contribution is 9.10. The zero-order valence-corrected chi connectivity index (χ0v) is 9.56. The van der Waals surface area contributed by atoms with E-state index in [1.54, 1.807) is 6.07 Å². The number of aromatic amines is 1. The van der Waals surface area contributed by atoms with Crippen molar-refractivity contribution in [2.45, 2.75) is 6.18 Å². The van der Waals surface area contributed by atoms with Gasteiger partial charge < -0.3 is 4.98 Å². The average Bonchev–Trinajstić information content (AvgIpc) is 2.58. The van der Waals surface area contributed by atoms with Crippen LogP contribution >= 0.6 is 15.9 Å². The molecule has 0 fully saturated rings. The maximum absolute atomic E-state index is 12.0. The fraction of sp³-hybridized carbons (Fsp3) is 0.0909. The molecule has 0 atom stereocenters. The third kappa shape index (κ3) is 2.47. The van der Waals surface area contributed by atoms with Gasteiger partial charge in [-0.2, -0.15) is 13.2 Å². The van der Waals surface area contributed by atoms with Gasteiger partial charge in [0.1, 0.15) is 0 Å². The van der Waals surface area contributed by atoms with Gasteiger partial charge in [0.05, 0.1) is 5.52 Å². The number of aromatic nitrogens is 1. The van der Waals surface area contributed by atoms with Crippen LogP contribution in [-0.4, -0.2) is 11.2 Å². The number of nitrogens with one attached hydrogen (secondary N) is 1. The first-order valence-electron chi connectivity index (χ1n) is 4.49. The molecule has 0 radical (unpaired) electrons. The van der Waals surface area contributed by atoms with Crippen molar-refractivity contribution in [3.8, 4) is 0 Å². The summed E-state index contributed by atoms with van der Waals surface area (Å²) in [6, 6.07) is 7.16. The second-order valence-electron chi connectivity index (χ2n) is 3.30. The Morgan fingerprint density at radius 1 is 1.25 bits per heavy atom. The molecule has 2 aromatic rings.